The lowest BCUT2D eigenvalue weighted by molar-refractivity contribution is -0.149. The van der Waals surface area contributed by atoms with Crippen LogP contribution in [0.2, 0.25) is 0 Å². The molecule has 1 aromatic rings. The minimum atomic E-state index is -0.764. The van der Waals surface area contributed by atoms with Crippen molar-refractivity contribution in [1.82, 2.24) is 9.96 Å². The zero-order valence-corrected chi connectivity index (χ0v) is 19.5. The number of hydroxylamine groups is 2. The van der Waals surface area contributed by atoms with Crippen molar-refractivity contribution in [1.29, 1.82) is 0 Å². The Kier molecular flexibility index (Phi) is 7.38. The van der Waals surface area contributed by atoms with E-state index < -0.39 is 6.16 Å². The van der Waals surface area contributed by atoms with Crippen molar-refractivity contribution in [3.8, 4) is 0 Å². The third-order valence-corrected chi connectivity index (χ3v) is 6.32. The highest BCUT2D eigenvalue weighted by Crippen LogP contribution is 2.40. The molecule has 7 nitrogen and oxygen atoms in total. The van der Waals surface area contributed by atoms with Gasteiger partial charge in [-0.25, -0.2) is 4.79 Å². The topological polar surface area (TPSA) is 68.3 Å². The Bertz CT molecular complexity index is 848. The summed E-state index contributed by atoms with van der Waals surface area (Å²) in [5.74, 6) is 0.705. The highest BCUT2D eigenvalue weighted by Gasteiger charge is 2.42. The lowest BCUT2D eigenvalue weighted by Crippen LogP contribution is -2.38. The third kappa shape index (κ3) is 4.93. The van der Waals surface area contributed by atoms with Gasteiger partial charge in [0.15, 0.2) is 0 Å². The lowest BCUT2D eigenvalue weighted by Gasteiger charge is -2.33. The van der Waals surface area contributed by atoms with E-state index in [1.807, 2.05) is 25.8 Å². The van der Waals surface area contributed by atoms with Gasteiger partial charge in [-0.2, -0.15) is 5.06 Å². The average Bonchev–Trinajstić information content (AvgIpc) is 2.93. The summed E-state index contributed by atoms with van der Waals surface area (Å²) in [6.45, 7) is 9.67. The molecule has 3 rings (SSSR count). The highest BCUT2D eigenvalue weighted by atomic mass is 16.7. The lowest BCUT2D eigenvalue weighted by atomic mass is 9.89. The number of benzene rings is 1. The fourth-order valence-corrected chi connectivity index (χ4v) is 4.83. The molecule has 1 atom stereocenters. The maximum absolute atomic E-state index is 13.4. The van der Waals surface area contributed by atoms with Crippen LogP contribution in [-0.2, 0) is 19.1 Å². The van der Waals surface area contributed by atoms with Gasteiger partial charge in [0, 0.05) is 20.1 Å². The van der Waals surface area contributed by atoms with E-state index in [2.05, 4.69) is 12.1 Å². The van der Waals surface area contributed by atoms with Crippen molar-refractivity contribution in [3.05, 3.63) is 40.1 Å². The molecule has 0 bridgehead atoms. The summed E-state index contributed by atoms with van der Waals surface area (Å²) in [4.78, 5) is 32.8. The molecule has 0 aliphatic carbocycles. The van der Waals surface area contributed by atoms with E-state index in [1.54, 1.807) is 26.0 Å². The summed E-state index contributed by atoms with van der Waals surface area (Å²) in [5, 5.41) is 1.95. The first-order chi connectivity index (χ1) is 14.8. The Morgan fingerprint density at radius 1 is 1.13 bits per heavy atom. The first kappa shape index (κ1) is 23.3. The van der Waals surface area contributed by atoms with Gasteiger partial charge in [0.25, 0.3) is 5.91 Å². The molecule has 0 radical (unpaired) electrons. The van der Waals surface area contributed by atoms with Gasteiger partial charge in [-0.1, -0.05) is 17.7 Å². The maximum atomic E-state index is 13.4. The van der Waals surface area contributed by atoms with E-state index in [9.17, 15) is 9.59 Å². The molecule has 0 spiro atoms. The Labute approximate surface area is 184 Å². The molecule has 2 aliphatic rings. The number of amides is 1. The zero-order chi connectivity index (χ0) is 22.7. The first-order valence-corrected chi connectivity index (χ1v) is 11.0. The van der Waals surface area contributed by atoms with Crippen LogP contribution in [0.15, 0.2) is 17.9 Å². The molecule has 0 aromatic heterocycles. The Morgan fingerprint density at radius 2 is 1.74 bits per heavy atom. The van der Waals surface area contributed by atoms with E-state index in [1.165, 1.54) is 0 Å². The van der Waals surface area contributed by atoms with Crippen LogP contribution in [0.25, 0.3) is 5.57 Å². The SMILES string of the molecule is CCOC(=O)OC1=C(c2c(C)cc(C)cc2C)C(=O)N(C)C1CC1CCN(OC)CC1. The van der Waals surface area contributed by atoms with Gasteiger partial charge in [-0.3, -0.25) is 4.79 Å². The number of carbonyl (C=O) groups excluding carboxylic acids is 2. The van der Waals surface area contributed by atoms with E-state index in [0.29, 0.717) is 17.3 Å². The van der Waals surface area contributed by atoms with Gasteiger partial charge in [0.2, 0.25) is 0 Å². The van der Waals surface area contributed by atoms with Crippen molar-refractivity contribution in [2.45, 2.75) is 53.0 Å². The van der Waals surface area contributed by atoms with E-state index >= 15 is 0 Å². The number of hydrogen-bond acceptors (Lipinski definition) is 6. The quantitative estimate of drug-likeness (QED) is 0.636. The number of nitrogens with zero attached hydrogens (tertiary/aromatic N) is 2. The smallest absolute Gasteiger partial charge is 0.434 e. The van der Waals surface area contributed by atoms with E-state index in [-0.39, 0.29) is 18.6 Å². The second-order valence-corrected chi connectivity index (χ2v) is 8.52. The number of carbonyl (C=O) groups is 2. The van der Waals surface area contributed by atoms with E-state index in [4.69, 9.17) is 14.3 Å². The fraction of sp³-hybridized carbons (Fsp3) is 0.583. The summed E-state index contributed by atoms with van der Waals surface area (Å²) in [7, 11) is 3.48. The van der Waals surface area contributed by atoms with Crippen molar-refractivity contribution < 1.29 is 23.9 Å². The minimum Gasteiger partial charge on any atom is -0.434 e. The van der Waals surface area contributed by atoms with Crippen LogP contribution in [0, 0.1) is 26.7 Å². The largest absolute Gasteiger partial charge is 0.513 e. The molecule has 7 heteroatoms. The van der Waals surface area contributed by atoms with Crippen LogP contribution < -0.4 is 0 Å². The van der Waals surface area contributed by atoms with Crippen LogP contribution >= 0.6 is 0 Å². The molecular formula is C24H34N2O5. The summed E-state index contributed by atoms with van der Waals surface area (Å²) < 4.78 is 10.8. The van der Waals surface area contributed by atoms with Crippen LogP contribution in [0.5, 0.6) is 0 Å². The second kappa shape index (κ2) is 9.83. The number of piperidine rings is 1. The molecule has 1 saturated heterocycles. The summed E-state index contributed by atoms with van der Waals surface area (Å²) in [5.41, 5.74) is 4.44. The van der Waals surface area contributed by atoms with Crippen LogP contribution in [0.3, 0.4) is 0 Å². The molecule has 170 valence electrons. The van der Waals surface area contributed by atoms with Crippen molar-refractivity contribution in [2.24, 2.45) is 5.92 Å². The third-order valence-electron chi connectivity index (χ3n) is 6.32. The Hall–Kier alpha value is -2.38. The molecule has 1 fully saturated rings. The van der Waals surface area contributed by atoms with Crippen molar-refractivity contribution >= 4 is 17.6 Å². The van der Waals surface area contributed by atoms with Gasteiger partial charge in [-0.15, -0.1) is 0 Å². The Balaban J connectivity index is 1.99. The molecule has 2 heterocycles. The fourth-order valence-electron chi connectivity index (χ4n) is 4.83. The van der Waals surface area contributed by atoms with Crippen LogP contribution in [0.4, 0.5) is 4.79 Å². The average molecular weight is 431 g/mol. The van der Waals surface area contributed by atoms with Crippen LogP contribution in [-0.4, -0.2) is 61.9 Å². The molecule has 0 saturated carbocycles. The number of hydrogen-bond donors (Lipinski definition) is 0. The predicted octanol–water partition coefficient (Wildman–Crippen LogP) is 4.00. The monoisotopic (exact) mass is 430 g/mol. The molecule has 2 aliphatic heterocycles. The first-order valence-electron chi connectivity index (χ1n) is 11.0. The molecule has 1 aromatic carbocycles. The number of likely N-dealkylation sites (N-methyl/N-ethyl adjacent to an activating group) is 1. The normalized spacial score (nSPS) is 20.5. The van der Waals surface area contributed by atoms with E-state index in [0.717, 1.165) is 54.6 Å². The van der Waals surface area contributed by atoms with Crippen molar-refractivity contribution in [2.75, 3.05) is 33.9 Å². The number of aryl methyl sites for hydroxylation is 3. The number of rotatable bonds is 6. The predicted molar refractivity (Wildman–Crippen MR) is 118 cm³/mol. The van der Waals surface area contributed by atoms with Gasteiger partial charge < -0.3 is 19.2 Å². The summed E-state index contributed by atoms with van der Waals surface area (Å²) >= 11 is 0. The van der Waals surface area contributed by atoms with Gasteiger partial charge in [0.05, 0.1) is 25.3 Å². The van der Waals surface area contributed by atoms with Gasteiger partial charge in [0.1, 0.15) is 5.76 Å². The maximum Gasteiger partial charge on any atom is 0.513 e. The van der Waals surface area contributed by atoms with Crippen molar-refractivity contribution in [3.63, 3.8) is 0 Å². The van der Waals surface area contributed by atoms with Gasteiger partial charge >= 0.3 is 6.16 Å². The summed E-state index contributed by atoms with van der Waals surface area (Å²) in [6, 6.07) is 3.81. The standard InChI is InChI=1S/C24H34N2O5/c1-7-30-24(28)31-22-19(14-18-8-10-26(29-6)11-9-18)25(5)23(27)21(22)20-16(3)12-15(2)13-17(20)4/h12-13,18-19H,7-11,14H2,1-6H3. The molecule has 1 unspecified atom stereocenters. The van der Waals surface area contributed by atoms with Gasteiger partial charge in [-0.05, 0) is 69.6 Å². The second-order valence-electron chi connectivity index (χ2n) is 8.52. The molecule has 0 N–H and O–H groups in total. The molecule has 31 heavy (non-hydrogen) atoms. The Morgan fingerprint density at radius 3 is 2.29 bits per heavy atom. The highest BCUT2D eigenvalue weighted by molar-refractivity contribution is 6.23. The zero-order valence-electron chi connectivity index (χ0n) is 19.5. The summed E-state index contributed by atoms with van der Waals surface area (Å²) in [6.07, 6.45) is 1.91. The van der Waals surface area contributed by atoms with Crippen LogP contribution in [0.1, 0.15) is 48.4 Å². The molecule has 1 amide bonds. The molecular weight excluding hydrogens is 396 g/mol. The minimum absolute atomic E-state index is 0.117. The number of ether oxygens (including phenoxy) is 2.